The van der Waals surface area contributed by atoms with Gasteiger partial charge in [0.15, 0.2) is 0 Å². The number of ether oxygens (including phenoxy) is 1. The van der Waals surface area contributed by atoms with Crippen molar-refractivity contribution in [3.63, 3.8) is 0 Å². The molecule has 0 radical (unpaired) electrons. The van der Waals surface area contributed by atoms with Gasteiger partial charge in [-0.25, -0.2) is 0 Å². The number of halogens is 3. The number of hydrogen-bond acceptors (Lipinski definition) is 3. The summed E-state index contributed by atoms with van der Waals surface area (Å²) < 4.78 is 39.7. The first-order valence-electron chi connectivity index (χ1n) is 6.27. The van der Waals surface area contributed by atoms with Gasteiger partial charge in [0.2, 0.25) is 5.91 Å². The molecule has 0 rings (SSSR count). The van der Waals surface area contributed by atoms with Gasteiger partial charge in [0, 0.05) is 13.0 Å². The van der Waals surface area contributed by atoms with Gasteiger partial charge >= 0.3 is 6.18 Å². The average molecular weight is 284 g/mol. The van der Waals surface area contributed by atoms with E-state index in [1.54, 1.807) is 0 Å². The van der Waals surface area contributed by atoms with E-state index in [1.807, 2.05) is 13.8 Å². The number of nitrogens with two attached hydrogens (primary N) is 1. The van der Waals surface area contributed by atoms with Crippen molar-refractivity contribution in [3.8, 4) is 0 Å². The number of nitrogens with one attached hydrogen (secondary N) is 1. The van der Waals surface area contributed by atoms with E-state index >= 15 is 0 Å². The number of alkyl halides is 3. The molecular weight excluding hydrogens is 261 g/mol. The van der Waals surface area contributed by atoms with E-state index in [0.29, 0.717) is 13.1 Å². The van der Waals surface area contributed by atoms with Gasteiger partial charge in [-0.1, -0.05) is 13.8 Å². The molecule has 0 unspecified atom stereocenters. The SMILES string of the molecule is CC(C)(CCCN)CNC(=O)CCOCC(F)(F)F. The fourth-order valence-electron chi connectivity index (χ4n) is 1.45. The van der Waals surface area contributed by atoms with Gasteiger partial charge in [0.25, 0.3) is 0 Å². The third kappa shape index (κ3) is 12.0. The molecule has 0 saturated carbocycles. The Hall–Kier alpha value is -0.820. The van der Waals surface area contributed by atoms with E-state index in [4.69, 9.17) is 5.73 Å². The number of carbonyl (C=O) groups excluding carboxylic acids is 1. The van der Waals surface area contributed by atoms with Crippen LogP contribution in [0.3, 0.4) is 0 Å². The van der Waals surface area contributed by atoms with Crippen molar-refractivity contribution in [1.29, 1.82) is 0 Å². The lowest BCUT2D eigenvalue weighted by atomic mass is 9.88. The molecule has 1 amide bonds. The molecule has 0 atom stereocenters. The maximum atomic E-state index is 11.8. The largest absolute Gasteiger partial charge is 0.411 e. The summed E-state index contributed by atoms with van der Waals surface area (Å²) in [5, 5.41) is 2.69. The zero-order valence-electron chi connectivity index (χ0n) is 11.5. The van der Waals surface area contributed by atoms with Crippen LogP contribution in [0.1, 0.15) is 33.1 Å². The van der Waals surface area contributed by atoms with Crippen molar-refractivity contribution < 1.29 is 22.7 Å². The van der Waals surface area contributed by atoms with Crippen LogP contribution >= 0.6 is 0 Å². The first kappa shape index (κ1) is 18.2. The zero-order chi connectivity index (χ0) is 14.9. The Kier molecular flexibility index (Phi) is 8.01. The van der Waals surface area contributed by atoms with E-state index in [1.165, 1.54) is 0 Å². The molecule has 114 valence electrons. The second kappa shape index (κ2) is 8.37. The molecule has 0 fully saturated rings. The van der Waals surface area contributed by atoms with Crippen LogP contribution in [0, 0.1) is 5.41 Å². The van der Waals surface area contributed by atoms with Crippen LogP contribution in [-0.4, -0.2) is 38.4 Å². The molecule has 0 saturated heterocycles. The Morgan fingerprint density at radius 2 is 1.95 bits per heavy atom. The summed E-state index contributed by atoms with van der Waals surface area (Å²) in [7, 11) is 0. The summed E-state index contributed by atoms with van der Waals surface area (Å²) in [4.78, 5) is 11.4. The molecule has 4 nitrogen and oxygen atoms in total. The fraction of sp³-hybridized carbons (Fsp3) is 0.917. The van der Waals surface area contributed by atoms with Crippen LogP contribution in [0.4, 0.5) is 13.2 Å². The van der Waals surface area contributed by atoms with Gasteiger partial charge in [-0.15, -0.1) is 0 Å². The second-order valence-corrected chi connectivity index (χ2v) is 5.25. The van der Waals surface area contributed by atoms with Gasteiger partial charge in [-0.05, 0) is 24.8 Å². The zero-order valence-corrected chi connectivity index (χ0v) is 11.5. The third-order valence-electron chi connectivity index (χ3n) is 2.56. The monoisotopic (exact) mass is 284 g/mol. The van der Waals surface area contributed by atoms with E-state index in [9.17, 15) is 18.0 Å². The van der Waals surface area contributed by atoms with E-state index in [-0.39, 0.29) is 24.3 Å². The molecule has 0 aliphatic heterocycles. The number of hydrogen-bond donors (Lipinski definition) is 2. The van der Waals surface area contributed by atoms with Crippen LogP contribution in [0.5, 0.6) is 0 Å². The summed E-state index contributed by atoms with van der Waals surface area (Å²) in [5.41, 5.74) is 5.34. The average Bonchev–Trinajstić information content (AvgIpc) is 2.29. The molecule has 19 heavy (non-hydrogen) atoms. The molecule has 0 aromatic heterocycles. The van der Waals surface area contributed by atoms with Crippen molar-refractivity contribution in [2.45, 2.75) is 39.3 Å². The molecule has 0 aromatic rings. The Bertz CT molecular complexity index is 268. The van der Waals surface area contributed by atoms with Crippen molar-refractivity contribution in [3.05, 3.63) is 0 Å². The van der Waals surface area contributed by atoms with Crippen molar-refractivity contribution in [1.82, 2.24) is 5.32 Å². The van der Waals surface area contributed by atoms with Gasteiger partial charge in [-0.2, -0.15) is 13.2 Å². The minimum Gasteiger partial charge on any atom is -0.372 e. The molecule has 0 bridgehead atoms. The Labute approximate surface area is 111 Å². The second-order valence-electron chi connectivity index (χ2n) is 5.25. The highest BCUT2D eigenvalue weighted by Crippen LogP contribution is 2.20. The molecule has 0 spiro atoms. The number of carbonyl (C=O) groups is 1. The third-order valence-corrected chi connectivity index (χ3v) is 2.56. The minimum atomic E-state index is -4.35. The van der Waals surface area contributed by atoms with Gasteiger partial charge in [-0.3, -0.25) is 4.79 Å². The lowest BCUT2D eigenvalue weighted by molar-refractivity contribution is -0.174. The van der Waals surface area contributed by atoms with Crippen LogP contribution in [0.15, 0.2) is 0 Å². The van der Waals surface area contributed by atoms with E-state index < -0.39 is 12.8 Å². The maximum Gasteiger partial charge on any atom is 0.411 e. The topological polar surface area (TPSA) is 64.3 Å². The van der Waals surface area contributed by atoms with Crippen LogP contribution in [-0.2, 0) is 9.53 Å². The van der Waals surface area contributed by atoms with Crippen molar-refractivity contribution in [2.75, 3.05) is 26.3 Å². The first-order chi connectivity index (χ1) is 8.66. The summed E-state index contributed by atoms with van der Waals surface area (Å²) >= 11 is 0. The first-order valence-corrected chi connectivity index (χ1v) is 6.27. The molecule has 3 N–H and O–H groups in total. The summed E-state index contributed by atoms with van der Waals surface area (Å²) in [5.74, 6) is -0.303. The molecule has 0 aromatic carbocycles. The maximum absolute atomic E-state index is 11.8. The normalized spacial score (nSPS) is 12.5. The van der Waals surface area contributed by atoms with Gasteiger partial charge in [0.1, 0.15) is 6.61 Å². The van der Waals surface area contributed by atoms with E-state index in [0.717, 1.165) is 12.8 Å². The molecule has 7 heteroatoms. The standard InChI is InChI=1S/C12H23F3N2O2/c1-11(2,5-3-6-16)8-17-10(18)4-7-19-9-12(13,14)15/h3-9,16H2,1-2H3,(H,17,18). The van der Waals surface area contributed by atoms with E-state index in [2.05, 4.69) is 10.1 Å². The molecule has 0 heterocycles. The Morgan fingerprint density at radius 3 is 2.47 bits per heavy atom. The Morgan fingerprint density at radius 1 is 1.32 bits per heavy atom. The number of amides is 1. The highest BCUT2D eigenvalue weighted by Gasteiger charge is 2.27. The van der Waals surface area contributed by atoms with Crippen LogP contribution in [0.25, 0.3) is 0 Å². The van der Waals surface area contributed by atoms with Crippen molar-refractivity contribution in [2.24, 2.45) is 11.1 Å². The summed E-state index contributed by atoms with van der Waals surface area (Å²) in [6.45, 7) is 3.54. The number of rotatable bonds is 9. The Balaban J connectivity index is 3.69. The smallest absolute Gasteiger partial charge is 0.372 e. The van der Waals surface area contributed by atoms with Gasteiger partial charge < -0.3 is 15.8 Å². The minimum absolute atomic E-state index is 0.0664. The van der Waals surface area contributed by atoms with Crippen LogP contribution < -0.4 is 11.1 Å². The predicted octanol–water partition coefficient (Wildman–Crippen LogP) is 1.84. The molecule has 0 aliphatic rings. The summed E-state index contributed by atoms with van der Waals surface area (Å²) in [6.07, 6.45) is -2.66. The lowest BCUT2D eigenvalue weighted by Gasteiger charge is -2.24. The highest BCUT2D eigenvalue weighted by molar-refractivity contribution is 5.75. The quantitative estimate of drug-likeness (QED) is 0.635. The predicted molar refractivity (Wildman–Crippen MR) is 66.6 cm³/mol. The molecule has 0 aliphatic carbocycles. The van der Waals surface area contributed by atoms with Crippen molar-refractivity contribution >= 4 is 5.91 Å². The highest BCUT2D eigenvalue weighted by atomic mass is 19.4. The molecular formula is C12H23F3N2O2. The van der Waals surface area contributed by atoms with Gasteiger partial charge in [0.05, 0.1) is 6.61 Å². The fourth-order valence-corrected chi connectivity index (χ4v) is 1.45. The lowest BCUT2D eigenvalue weighted by Crippen LogP contribution is -2.34. The summed E-state index contributed by atoms with van der Waals surface area (Å²) in [6, 6.07) is 0. The van der Waals surface area contributed by atoms with Crippen LogP contribution in [0.2, 0.25) is 0 Å².